The van der Waals surface area contributed by atoms with Crippen molar-refractivity contribution >= 4 is 28.1 Å². The van der Waals surface area contributed by atoms with Gasteiger partial charge in [0.1, 0.15) is 6.54 Å². The van der Waals surface area contributed by atoms with E-state index in [-0.39, 0.29) is 12.5 Å². The lowest BCUT2D eigenvalue weighted by Crippen LogP contribution is -2.28. The highest BCUT2D eigenvalue weighted by Crippen LogP contribution is 2.34. The normalized spacial score (nSPS) is 14.3. The van der Waals surface area contributed by atoms with Gasteiger partial charge in [-0.1, -0.05) is 60.7 Å². The van der Waals surface area contributed by atoms with Crippen molar-refractivity contribution in [1.29, 1.82) is 0 Å². The first-order valence-electron chi connectivity index (χ1n) is 8.06. The Hall–Kier alpha value is -2.94. The minimum Gasteiger partial charge on any atom is -0.313 e. The molecule has 24 heavy (non-hydrogen) atoms. The summed E-state index contributed by atoms with van der Waals surface area (Å²) >= 11 is 0. The van der Waals surface area contributed by atoms with Crippen LogP contribution < -0.4 is 4.90 Å². The second kappa shape index (κ2) is 5.60. The van der Waals surface area contributed by atoms with Crippen molar-refractivity contribution in [1.82, 2.24) is 0 Å². The number of aliphatic imine (C=N–C) groups is 1. The maximum atomic E-state index is 12.5. The molecule has 1 heterocycles. The number of hydrogen-bond donors (Lipinski definition) is 0. The summed E-state index contributed by atoms with van der Waals surface area (Å²) < 4.78 is 0. The lowest BCUT2D eigenvalue weighted by molar-refractivity contribution is -0.116. The van der Waals surface area contributed by atoms with Crippen LogP contribution in [0.5, 0.6) is 0 Å². The van der Waals surface area contributed by atoms with Crippen LogP contribution in [-0.4, -0.2) is 25.2 Å². The number of amides is 1. The third-order valence-corrected chi connectivity index (χ3v) is 4.64. The molecule has 0 spiro atoms. The fraction of sp³-hybridized carbons (Fsp3) is 0.143. The van der Waals surface area contributed by atoms with Gasteiger partial charge >= 0.3 is 0 Å². The maximum absolute atomic E-state index is 12.5. The van der Waals surface area contributed by atoms with E-state index in [0.29, 0.717) is 0 Å². The minimum atomic E-state index is 0.0104. The Morgan fingerprint density at radius 2 is 1.67 bits per heavy atom. The number of aryl methyl sites for hydroxylation is 1. The van der Waals surface area contributed by atoms with Crippen LogP contribution >= 0.6 is 0 Å². The average molecular weight is 314 g/mol. The molecule has 4 rings (SSSR count). The number of anilines is 1. The highest BCUT2D eigenvalue weighted by atomic mass is 16.2. The van der Waals surface area contributed by atoms with Crippen molar-refractivity contribution in [3.8, 4) is 0 Å². The lowest BCUT2D eigenvalue weighted by atomic mass is 9.94. The number of carbonyl (C=O) groups is 1. The number of rotatable bonds is 1. The topological polar surface area (TPSA) is 32.7 Å². The van der Waals surface area contributed by atoms with Crippen LogP contribution in [0.25, 0.3) is 10.8 Å². The van der Waals surface area contributed by atoms with Crippen LogP contribution in [0.2, 0.25) is 0 Å². The minimum absolute atomic E-state index is 0.0104. The van der Waals surface area contributed by atoms with E-state index in [0.717, 1.165) is 38.9 Å². The molecule has 0 saturated carbocycles. The van der Waals surface area contributed by atoms with E-state index in [1.807, 2.05) is 31.3 Å². The van der Waals surface area contributed by atoms with E-state index < -0.39 is 0 Å². The molecule has 118 valence electrons. The number of carbonyl (C=O) groups excluding carboxylic acids is 1. The van der Waals surface area contributed by atoms with Crippen molar-refractivity contribution in [2.45, 2.75) is 6.92 Å². The Kier molecular flexibility index (Phi) is 3.42. The van der Waals surface area contributed by atoms with Crippen LogP contribution in [0.15, 0.2) is 65.7 Å². The molecule has 0 bridgehead atoms. The number of likely N-dealkylation sites (N-methyl/N-ethyl adjacent to an activating group) is 1. The highest BCUT2D eigenvalue weighted by Gasteiger charge is 2.24. The molecule has 1 aliphatic heterocycles. The predicted molar refractivity (Wildman–Crippen MR) is 99.0 cm³/mol. The standard InChI is InChI=1S/C21H18N2O/c1-14-7-3-5-9-16(14)20-18-12-11-15-8-4-6-10-17(15)21(18)23(2)19(24)13-22-20/h3-12H,13H2,1-2H3. The molecule has 0 unspecified atom stereocenters. The van der Waals surface area contributed by atoms with Crippen LogP contribution in [0, 0.1) is 6.92 Å². The van der Waals surface area contributed by atoms with Crippen LogP contribution in [0.1, 0.15) is 16.7 Å². The van der Waals surface area contributed by atoms with Gasteiger partial charge in [-0.15, -0.1) is 0 Å². The molecule has 1 aliphatic rings. The fourth-order valence-corrected chi connectivity index (χ4v) is 3.34. The zero-order chi connectivity index (χ0) is 16.7. The number of hydrogen-bond acceptors (Lipinski definition) is 2. The number of nitrogens with zero attached hydrogens (tertiary/aromatic N) is 2. The van der Waals surface area contributed by atoms with Gasteiger partial charge in [0.2, 0.25) is 5.91 Å². The van der Waals surface area contributed by atoms with Crippen molar-refractivity contribution in [3.63, 3.8) is 0 Å². The van der Waals surface area contributed by atoms with Crippen LogP contribution in [0.3, 0.4) is 0 Å². The molecule has 0 radical (unpaired) electrons. The molecule has 0 atom stereocenters. The molecule has 3 aromatic carbocycles. The molecule has 0 fully saturated rings. The summed E-state index contributed by atoms with van der Waals surface area (Å²) in [6.07, 6.45) is 0. The Bertz CT molecular complexity index is 988. The van der Waals surface area contributed by atoms with E-state index >= 15 is 0 Å². The zero-order valence-corrected chi connectivity index (χ0v) is 13.8. The van der Waals surface area contributed by atoms with Gasteiger partial charge < -0.3 is 4.90 Å². The molecule has 0 saturated heterocycles. The summed E-state index contributed by atoms with van der Waals surface area (Å²) in [5.41, 5.74) is 5.09. The summed E-state index contributed by atoms with van der Waals surface area (Å²) in [4.78, 5) is 18.9. The average Bonchev–Trinajstić information content (AvgIpc) is 2.73. The third kappa shape index (κ3) is 2.21. The molecule has 0 aliphatic carbocycles. The number of fused-ring (bicyclic) bond motifs is 3. The van der Waals surface area contributed by atoms with E-state index in [1.54, 1.807) is 4.90 Å². The molecular formula is C21H18N2O. The van der Waals surface area contributed by atoms with Gasteiger partial charge in [0.15, 0.2) is 0 Å². The molecular weight excluding hydrogens is 296 g/mol. The summed E-state index contributed by atoms with van der Waals surface area (Å²) in [5, 5.41) is 2.20. The molecule has 0 aromatic heterocycles. The van der Waals surface area contributed by atoms with E-state index in [2.05, 4.69) is 48.3 Å². The van der Waals surface area contributed by atoms with Gasteiger partial charge in [0.25, 0.3) is 0 Å². The summed E-state index contributed by atoms with van der Waals surface area (Å²) in [7, 11) is 1.84. The highest BCUT2D eigenvalue weighted by molar-refractivity contribution is 6.23. The van der Waals surface area contributed by atoms with Gasteiger partial charge in [-0.05, 0) is 17.9 Å². The Balaban J connectivity index is 2.06. The van der Waals surface area contributed by atoms with Crippen LogP contribution in [0.4, 0.5) is 5.69 Å². The molecule has 3 heteroatoms. The Labute approximate surface area is 141 Å². The predicted octanol–water partition coefficient (Wildman–Crippen LogP) is 3.96. The van der Waals surface area contributed by atoms with Crippen molar-refractivity contribution in [2.75, 3.05) is 18.5 Å². The fourth-order valence-electron chi connectivity index (χ4n) is 3.34. The van der Waals surface area contributed by atoms with Crippen LogP contribution in [-0.2, 0) is 4.79 Å². The van der Waals surface area contributed by atoms with Gasteiger partial charge in [0.05, 0.1) is 11.4 Å². The molecule has 3 nitrogen and oxygen atoms in total. The Morgan fingerprint density at radius 3 is 2.50 bits per heavy atom. The third-order valence-electron chi connectivity index (χ3n) is 4.64. The second-order valence-electron chi connectivity index (χ2n) is 6.12. The first-order valence-corrected chi connectivity index (χ1v) is 8.06. The van der Waals surface area contributed by atoms with Gasteiger partial charge in [-0.25, -0.2) is 0 Å². The monoisotopic (exact) mass is 314 g/mol. The quantitative estimate of drug-likeness (QED) is 0.669. The van der Waals surface area contributed by atoms with Crippen molar-refractivity contribution < 1.29 is 4.79 Å². The van der Waals surface area contributed by atoms with E-state index in [1.165, 1.54) is 0 Å². The summed E-state index contributed by atoms with van der Waals surface area (Å²) in [6.45, 7) is 2.25. The summed E-state index contributed by atoms with van der Waals surface area (Å²) in [6, 6.07) is 20.5. The SMILES string of the molecule is Cc1ccccc1C1=NCC(=O)N(C)c2c1ccc1ccccc21. The van der Waals surface area contributed by atoms with Crippen molar-refractivity contribution in [3.05, 3.63) is 77.4 Å². The zero-order valence-electron chi connectivity index (χ0n) is 13.8. The van der Waals surface area contributed by atoms with Gasteiger partial charge in [-0.3, -0.25) is 9.79 Å². The molecule has 0 N–H and O–H groups in total. The first kappa shape index (κ1) is 14.6. The largest absolute Gasteiger partial charge is 0.313 e. The number of benzene rings is 3. The van der Waals surface area contributed by atoms with E-state index in [4.69, 9.17) is 0 Å². The van der Waals surface area contributed by atoms with Gasteiger partial charge in [-0.2, -0.15) is 0 Å². The smallest absolute Gasteiger partial charge is 0.248 e. The second-order valence-corrected chi connectivity index (χ2v) is 6.12. The molecule has 1 amide bonds. The van der Waals surface area contributed by atoms with Gasteiger partial charge in [0, 0.05) is 23.6 Å². The lowest BCUT2D eigenvalue weighted by Gasteiger charge is -2.21. The van der Waals surface area contributed by atoms with Crippen molar-refractivity contribution in [2.24, 2.45) is 4.99 Å². The summed E-state index contributed by atoms with van der Waals surface area (Å²) in [5.74, 6) is 0.0104. The van der Waals surface area contributed by atoms with E-state index in [9.17, 15) is 4.79 Å². The Morgan fingerprint density at radius 1 is 0.917 bits per heavy atom. The maximum Gasteiger partial charge on any atom is 0.248 e. The molecule has 3 aromatic rings. The first-order chi connectivity index (χ1) is 11.7.